The van der Waals surface area contributed by atoms with Gasteiger partial charge in [0.1, 0.15) is 5.78 Å². The van der Waals surface area contributed by atoms with Crippen molar-refractivity contribution < 1.29 is 4.79 Å². The number of carbonyl (C=O) groups excluding carboxylic acids is 1. The minimum atomic E-state index is -0.287. The van der Waals surface area contributed by atoms with Gasteiger partial charge in [-0.1, -0.05) is 24.4 Å². The fraction of sp³-hybridized carbons (Fsp3) is 0.571. The number of Topliss-reactive ketones (excluding diaryl/α,β-unsaturated/α-hetero) is 1. The molecule has 0 fully saturated rings. The maximum Gasteiger partial charge on any atom is 2.00 e. The largest absolute Gasteiger partial charge is 2.00 e. The zero-order valence-corrected chi connectivity index (χ0v) is 12.1. The van der Waals surface area contributed by atoms with E-state index in [4.69, 9.17) is 24.4 Å². The molecule has 0 unspecified atom stereocenters. The van der Waals surface area contributed by atoms with Crippen LogP contribution in [0.1, 0.15) is 20.8 Å². The molecule has 0 saturated heterocycles. The molecule has 1 nitrogen and oxygen atoms in total. The van der Waals surface area contributed by atoms with Crippen LogP contribution in [0.25, 0.3) is 0 Å². The molecule has 0 radical (unpaired) electrons. The minimum Gasteiger partial charge on any atom is -0.299 e. The molecule has 0 spiro atoms. The molecule has 0 atom stereocenters. The van der Waals surface area contributed by atoms with Crippen molar-refractivity contribution in [3.63, 3.8) is 0 Å². The number of thiocarbonyl (C=S) groups is 2. The van der Waals surface area contributed by atoms with Crippen molar-refractivity contribution in [2.75, 3.05) is 0 Å². The van der Waals surface area contributed by atoms with Crippen molar-refractivity contribution in [3.8, 4) is 0 Å². The summed E-state index contributed by atoms with van der Waals surface area (Å²) >= 11 is 9.72. The predicted octanol–water partition coefficient (Wildman–Crippen LogP) is 1.59. The van der Waals surface area contributed by atoms with Crippen molar-refractivity contribution in [2.24, 2.45) is 5.92 Å². The number of hydrogen-bond donors (Lipinski definition) is 0. The van der Waals surface area contributed by atoms with E-state index in [2.05, 4.69) is 0 Å². The minimum absolute atomic E-state index is 0. The van der Waals surface area contributed by atoms with E-state index in [1.165, 1.54) is 6.92 Å². The molecule has 0 rings (SSSR count). The van der Waals surface area contributed by atoms with Gasteiger partial charge in [-0.15, -0.1) is 0 Å². The van der Waals surface area contributed by atoms with Gasteiger partial charge in [0.25, 0.3) is 0 Å². The van der Waals surface area contributed by atoms with Crippen LogP contribution >= 0.6 is 24.4 Å². The van der Waals surface area contributed by atoms with Gasteiger partial charge in [-0.05, 0) is 20.8 Å². The van der Waals surface area contributed by atoms with E-state index >= 15 is 0 Å². The number of carbonyl (C=O) groups is 1. The first-order valence-corrected chi connectivity index (χ1v) is 3.79. The van der Waals surface area contributed by atoms with E-state index in [0.717, 1.165) is 0 Å². The quantitative estimate of drug-likeness (QED) is 0.568. The summed E-state index contributed by atoms with van der Waals surface area (Å²) in [6.45, 7) is 5.00. The molecule has 0 aliphatic heterocycles. The van der Waals surface area contributed by atoms with Gasteiger partial charge in [0, 0.05) is 9.73 Å². The average molecular weight is 262 g/mol. The van der Waals surface area contributed by atoms with Crippen LogP contribution in [-0.2, 0) is 4.79 Å². The van der Waals surface area contributed by atoms with E-state index in [1.54, 1.807) is 13.8 Å². The summed E-state index contributed by atoms with van der Waals surface area (Å²) < 4.78 is 0. The normalized spacial score (nSPS) is 8.73. The summed E-state index contributed by atoms with van der Waals surface area (Å²) in [5.41, 5.74) is 0. The van der Waals surface area contributed by atoms with Gasteiger partial charge in [0.05, 0.1) is 5.92 Å². The third-order valence-electron chi connectivity index (χ3n) is 1.22. The maximum atomic E-state index is 10.9. The fourth-order valence-corrected chi connectivity index (χ4v) is 1.62. The molecule has 0 bridgehead atoms. The predicted molar refractivity (Wildman–Crippen MR) is 56.5 cm³/mol. The zero-order chi connectivity index (χ0) is 8.31. The van der Waals surface area contributed by atoms with Gasteiger partial charge in [-0.25, -0.2) is 0 Å². The monoisotopic (exact) mass is 262 g/mol. The Morgan fingerprint density at radius 2 is 1.36 bits per heavy atom. The first kappa shape index (κ1) is 14.8. The Labute approximate surface area is 115 Å². The van der Waals surface area contributed by atoms with Crippen LogP contribution in [0.15, 0.2) is 0 Å². The maximum absolute atomic E-state index is 10.9. The first-order valence-electron chi connectivity index (χ1n) is 2.98. The molecule has 0 N–H and O–H groups in total. The third kappa shape index (κ3) is 5.55. The second-order valence-corrected chi connectivity index (χ2v) is 3.55. The summed E-state index contributed by atoms with van der Waals surface area (Å²) in [7, 11) is 0. The Bertz CT molecular complexity index is 156. The van der Waals surface area contributed by atoms with E-state index in [9.17, 15) is 4.79 Å². The Hall–Kier alpha value is 1.33. The van der Waals surface area contributed by atoms with Gasteiger partial charge in [0.15, 0.2) is 0 Å². The molecule has 0 aromatic heterocycles. The second-order valence-electron chi connectivity index (χ2n) is 2.26. The van der Waals surface area contributed by atoms with Crippen molar-refractivity contribution in [2.45, 2.75) is 20.8 Å². The van der Waals surface area contributed by atoms with E-state index < -0.39 is 0 Å². The molecule has 0 heterocycles. The molecular formula is C7H10OS2Sr+2. The van der Waals surface area contributed by atoms with Gasteiger partial charge >= 0.3 is 45.5 Å². The number of rotatable bonds is 3. The van der Waals surface area contributed by atoms with Crippen LogP contribution in [0, 0.1) is 5.92 Å². The molecule has 0 aromatic carbocycles. The molecule has 4 heteroatoms. The molecule has 11 heavy (non-hydrogen) atoms. The Kier molecular flexibility index (Phi) is 9.18. The summed E-state index contributed by atoms with van der Waals surface area (Å²) in [6, 6.07) is 0. The molecular weight excluding hydrogens is 252 g/mol. The first-order chi connectivity index (χ1) is 4.46. The van der Waals surface area contributed by atoms with E-state index in [-0.39, 0.29) is 57.2 Å². The van der Waals surface area contributed by atoms with Crippen LogP contribution in [0.3, 0.4) is 0 Å². The summed E-state index contributed by atoms with van der Waals surface area (Å²) in [4.78, 5) is 12.2. The summed E-state index contributed by atoms with van der Waals surface area (Å²) in [5, 5.41) is 0. The number of hydrogen-bond acceptors (Lipinski definition) is 3. The van der Waals surface area contributed by atoms with Gasteiger partial charge in [-0.2, -0.15) is 0 Å². The molecule has 0 aliphatic rings. The van der Waals surface area contributed by atoms with Crippen molar-refractivity contribution >= 4 is 85.4 Å². The third-order valence-corrected chi connectivity index (χ3v) is 1.69. The average Bonchev–Trinajstić information content (AvgIpc) is 1.59. The van der Waals surface area contributed by atoms with Gasteiger partial charge < -0.3 is 0 Å². The van der Waals surface area contributed by atoms with E-state index in [1.807, 2.05) is 0 Å². The number of ketones is 1. The van der Waals surface area contributed by atoms with Gasteiger partial charge in [-0.3, -0.25) is 4.79 Å². The van der Waals surface area contributed by atoms with E-state index in [0.29, 0.717) is 9.73 Å². The van der Waals surface area contributed by atoms with Crippen LogP contribution in [-0.4, -0.2) is 61.0 Å². The van der Waals surface area contributed by atoms with Crippen LogP contribution < -0.4 is 0 Å². The molecule has 0 amide bonds. The molecule has 0 saturated carbocycles. The van der Waals surface area contributed by atoms with Crippen LogP contribution in [0.5, 0.6) is 0 Å². The summed E-state index contributed by atoms with van der Waals surface area (Å²) in [5.74, 6) is -0.245. The van der Waals surface area contributed by atoms with Crippen molar-refractivity contribution in [1.29, 1.82) is 0 Å². The second kappa shape index (κ2) is 6.80. The van der Waals surface area contributed by atoms with Crippen LogP contribution in [0.4, 0.5) is 0 Å². The zero-order valence-electron chi connectivity index (χ0n) is 7.01. The smallest absolute Gasteiger partial charge is 0.299 e. The Morgan fingerprint density at radius 3 is 1.36 bits per heavy atom. The van der Waals surface area contributed by atoms with Crippen molar-refractivity contribution in [3.05, 3.63) is 0 Å². The van der Waals surface area contributed by atoms with Crippen LogP contribution in [0.2, 0.25) is 0 Å². The van der Waals surface area contributed by atoms with Gasteiger partial charge in [0.2, 0.25) is 0 Å². The molecule has 0 aromatic rings. The molecule has 56 valence electrons. The fourth-order valence-electron chi connectivity index (χ4n) is 0.859. The Balaban J connectivity index is 0. The standard InChI is InChI=1S/C7H10OS2.Sr/c1-4(8)7(5(2)9)6(3)10;/h7H,1-3H3;/q;+2. The SMILES string of the molecule is CC(=O)C(C(C)=S)C(C)=S.[Sr+2]. The topological polar surface area (TPSA) is 17.1 Å². The van der Waals surface area contributed by atoms with Crippen molar-refractivity contribution in [1.82, 2.24) is 0 Å². The summed E-state index contributed by atoms with van der Waals surface area (Å²) in [6.07, 6.45) is 0. The molecule has 0 aliphatic carbocycles. The Morgan fingerprint density at radius 1 is 1.09 bits per heavy atom.